The average molecular weight is 277 g/mol. The minimum absolute atomic E-state index is 0.0178. The Morgan fingerprint density at radius 3 is 2.70 bits per heavy atom. The fourth-order valence-electron chi connectivity index (χ4n) is 2.53. The Bertz CT molecular complexity index is 470. The summed E-state index contributed by atoms with van der Waals surface area (Å²) in [6, 6.07) is 5.10. The van der Waals surface area contributed by atoms with Gasteiger partial charge in [-0.2, -0.15) is 0 Å². The molecular formula is C15H23N3O2. The van der Waals surface area contributed by atoms with Crippen molar-refractivity contribution in [1.29, 1.82) is 0 Å². The number of hydrogen-bond acceptors (Lipinski definition) is 4. The summed E-state index contributed by atoms with van der Waals surface area (Å²) >= 11 is 0. The van der Waals surface area contributed by atoms with Crippen molar-refractivity contribution in [3.63, 3.8) is 0 Å². The summed E-state index contributed by atoms with van der Waals surface area (Å²) < 4.78 is 5.24. The van der Waals surface area contributed by atoms with Crippen LogP contribution in [0.1, 0.15) is 26.2 Å². The van der Waals surface area contributed by atoms with Crippen LogP contribution in [0.4, 0.5) is 11.4 Å². The number of nitrogens with zero attached hydrogens (tertiary/aromatic N) is 1. The third-order valence-electron chi connectivity index (χ3n) is 3.80. The minimum atomic E-state index is -0.138. The van der Waals surface area contributed by atoms with Gasteiger partial charge in [-0.25, -0.2) is 0 Å². The van der Waals surface area contributed by atoms with Crippen molar-refractivity contribution in [2.75, 3.05) is 31.2 Å². The lowest BCUT2D eigenvalue weighted by Crippen LogP contribution is -2.44. The third-order valence-corrected chi connectivity index (χ3v) is 3.80. The zero-order chi connectivity index (χ0) is 14.5. The maximum absolute atomic E-state index is 12.3. The van der Waals surface area contributed by atoms with Crippen LogP contribution >= 0.6 is 0 Å². The number of piperidine rings is 1. The summed E-state index contributed by atoms with van der Waals surface area (Å²) in [5.74, 6) is 0.606. The number of carbonyl (C=O) groups is 1. The van der Waals surface area contributed by atoms with Gasteiger partial charge in [0.2, 0.25) is 5.91 Å². The van der Waals surface area contributed by atoms with E-state index >= 15 is 0 Å². The normalized spacial score (nSPS) is 17.5. The largest absolute Gasteiger partial charge is 0.495 e. The van der Waals surface area contributed by atoms with Crippen LogP contribution < -0.4 is 15.8 Å². The quantitative estimate of drug-likeness (QED) is 0.827. The molecule has 1 aromatic rings. The fraction of sp³-hybridized carbons (Fsp3) is 0.533. The van der Waals surface area contributed by atoms with E-state index in [1.54, 1.807) is 25.3 Å². The van der Waals surface area contributed by atoms with Crippen molar-refractivity contribution in [3.8, 4) is 5.75 Å². The number of nitrogens with one attached hydrogen (secondary N) is 1. The smallest absolute Gasteiger partial charge is 0.241 e. The first-order valence-corrected chi connectivity index (χ1v) is 7.10. The lowest BCUT2D eigenvalue weighted by atomic mass is 10.1. The number of hydrogen-bond donors (Lipinski definition) is 2. The van der Waals surface area contributed by atoms with Gasteiger partial charge in [0.25, 0.3) is 0 Å². The van der Waals surface area contributed by atoms with Gasteiger partial charge in [0.05, 0.1) is 18.8 Å². The average Bonchev–Trinajstić information content (AvgIpc) is 2.47. The molecule has 5 nitrogen and oxygen atoms in total. The second-order valence-electron chi connectivity index (χ2n) is 5.22. The number of nitrogens with two attached hydrogens (primary N) is 1. The molecular weight excluding hydrogens is 254 g/mol. The van der Waals surface area contributed by atoms with Gasteiger partial charge in [-0.05, 0) is 51.1 Å². The molecule has 0 bridgehead atoms. The van der Waals surface area contributed by atoms with E-state index in [-0.39, 0.29) is 11.9 Å². The number of benzene rings is 1. The minimum Gasteiger partial charge on any atom is -0.495 e. The van der Waals surface area contributed by atoms with E-state index in [2.05, 4.69) is 10.2 Å². The molecule has 1 aromatic carbocycles. The molecule has 0 spiro atoms. The van der Waals surface area contributed by atoms with Crippen LogP contribution in [0.5, 0.6) is 5.75 Å². The summed E-state index contributed by atoms with van der Waals surface area (Å²) in [4.78, 5) is 14.6. The van der Waals surface area contributed by atoms with E-state index in [1.807, 2.05) is 6.92 Å². The molecule has 1 aliphatic rings. The number of anilines is 2. The van der Waals surface area contributed by atoms with E-state index in [1.165, 1.54) is 19.3 Å². The molecule has 1 saturated heterocycles. The Balaban J connectivity index is 2.05. The number of methoxy groups -OCH3 is 1. The van der Waals surface area contributed by atoms with Crippen molar-refractivity contribution in [2.24, 2.45) is 0 Å². The molecule has 5 heteroatoms. The summed E-state index contributed by atoms with van der Waals surface area (Å²) in [6.45, 7) is 3.92. The Morgan fingerprint density at radius 2 is 2.05 bits per heavy atom. The van der Waals surface area contributed by atoms with E-state index < -0.39 is 0 Å². The summed E-state index contributed by atoms with van der Waals surface area (Å²) in [7, 11) is 1.58. The van der Waals surface area contributed by atoms with Crippen molar-refractivity contribution in [1.82, 2.24) is 4.90 Å². The molecule has 20 heavy (non-hydrogen) atoms. The van der Waals surface area contributed by atoms with Crippen molar-refractivity contribution in [3.05, 3.63) is 18.2 Å². The van der Waals surface area contributed by atoms with E-state index in [0.717, 1.165) is 13.1 Å². The Labute approximate surface area is 120 Å². The molecule has 1 unspecified atom stereocenters. The molecule has 0 aliphatic carbocycles. The zero-order valence-corrected chi connectivity index (χ0v) is 12.2. The number of nitrogen functional groups attached to an aromatic ring is 1. The predicted molar refractivity (Wildman–Crippen MR) is 80.9 cm³/mol. The number of rotatable bonds is 4. The second-order valence-corrected chi connectivity index (χ2v) is 5.22. The standard InChI is InChI=1S/C15H23N3O2/c1-11(18-8-4-3-5-9-18)15(19)17-13-10-12(16)6-7-14(13)20-2/h6-7,10-11H,3-5,8-9,16H2,1-2H3,(H,17,19). The van der Waals surface area contributed by atoms with Crippen molar-refractivity contribution < 1.29 is 9.53 Å². The highest BCUT2D eigenvalue weighted by atomic mass is 16.5. The molecule has 1 aliphatic heterocycles. The first-order chi connectivity index (χ1) is 9.61. The van der Waals surface area contributed by atoms with Gasteiger partial charge in [-0.15, -0.1) is 0 Å². The highest BCUT2D eigenvalue weighted by molar-refractivity contribution is 5.96. The first-order valence-electron chi connectivity index (χ1n) is 7.10. The Kier molecular flexibility index (Phi) is 4.84. The summed E-state index contributed by atoms with van der Waals surface area (Å²) in [5.41, 5.74) is 6.99. The van der Waals surface area contributed by atoms with Gasteiger partial charge in [0, 0.05) is 5.69 Å². The van der Waals surface area contributed by atoms with Crippen LogP contribution in [0, 0.1) is 0 Å². The van der Waals surface area contributed by atoms with E-state index in [4.69, 9.17) is 10.5 Å². The Morgan fingerprint density at radius 1 is 1.35 bits per heavy atom. The molecule has 110 valence electrons. The van der Waals surface area contributed by atoms with Gasteiger partial charge in [0.1, 0.15) is 5.75 Å². The third kappa shape index (κ3) is 3.42. The summed E-state index contributed by atoms with van der Waals surface area (Å²) in [6.07, 6.45) is 3.59. The Hall–Kier alpha value is -1.75. The number of carbonyl (C=O) groups excluding carboxylic acids is 1. The molecule has 1 amide bonds. The van der Waals surface area contributed by atoms with Crippen LogP contribution in [0.3, 0.4) is 0 Å². The maximum atomic E-state index is 12.3. The van der Waals surface area contributed by atoms with Gasteiger partial charge in [-0.3, -0.25) is 9.69 Å². The molecule has 0 radical (unpaired) electrons. The van der Waals surface area contributed by atoms with E-state index in [0.29, 0.717) is 17.1 Å². The van der Waals surface area contributed by atoms with Gasteiger partial charge in [-0.1, -0.05) is 6.42 Å². The molecule has 3 N–H and O–H groups in total. The predicted octanol–water partition coefficient (Wildman–Crippen LogP) is 2.09. The second kappa shape index (κ2) is 6.61. The number of amides is 1. The van der Waals surface area contributed by atoms with Gasteiger partial charge >= 0.3 is 0 Å². The maximum Gasteiger partial charge on any atom is 0.241 e. The van der Waals surface area contributed by atoms with Gasteiger partial charge in [0.15, 0.2) is 0 Å². The molecule has 1 fully saturated rings. The van der Waals surface area contributed by atoms with Crippen LogP contribution in [0.15, 0.2) is 18.2 Å². The van der Waals surface area contributed by atoms with Crippen LogP contribution in [-0.4, -0.2) is 37.0 Å². The first kappa shape index (κ1) is 14.7. The topological polar surface area (TPSA) is 67.6 Å². The SMILES string of the molecule is COc1ccc(N)cc1NC(=O)C(C)N1CCCCC1. The lowest BCUT2D eigenvalue weighted by molar-refractivity contribution is -0.121. The number of ether oxygens (including phenoxy) is 1. The van der Waals surface area contributed by atoms with Gasteiger partial charge < -0.3 is 15.8 Å². The van der Waals surface area contributed by atoms with Crippen molar-refractivity contribution in [2.45, 2.75) is 32.2 Å². The van der Waals surface area contributed by atoms with Crippen LogP contribution in [0.2, 0.25) is 0 Å². The highest BCUT2D eigenvalue weighted by Crippen LogP contribution is 2.27. The summed E-state index contributed by atoms with van der Waals surface area (Å²) in [5, 5.41) is 2.91. The zero-order valence-electron chi connectivity index (χ0n) is 12.2. The number of likely N-dealkylation sites (tertiary alicyclic amines) is 1. The fourth-order valence-corrected chi connectivity index (χ4v) is 2.53. The molecule has 0 aromatic heterocycles. The molecule has 1 heterocycles. The van der Waals surface area contributed by atoms with Crippen LogP contribution in [0.25, 0.3) is 0 Å². The monoisotopic (exact) mass is 277 g/mol. The molecule has 0 saturated carbocycles. The van der Waals surface area contributed by atoms with E-state index in [9.17, 15) is 4.79 Å². The molecule has 1 atom stereocenters. The van der Waals surface area contributed by atoms with Crippen LogP contribution in [-0.2, 0) is 4.79 Å². The lowest BCUT2D eigenvalue weighted by Gasteiger charge is -2.31. The highest BCUT2D eigenvalue weighted by Gasteiger charge is 2.23. The molecule has 2 rings (SSSR count). The van der Waals surface area contributed by atoms with Crippen molar-refractivity contribution >= 4 is 17.3 Å².